The second-order valence-corrected chi connectivity index (χ2v) is 5.84. The smallest absolute Gasteiger partial charge is 0.316 e. The number of carbonyl (C=O) groups excluding carboxylic acids is 2. The SMILES string of the molecule is CCCCC(C(=O)CSc1cccc(C)c1)C(=O)OC. The minimum Gasteiger partial charge on any atom is -0.468 e. The predicted octanol–water partition coefficient (Wildman–Crippen LogP) is 3.64. The summed E-state index contributed by atoms with van der Waals surface area (Å²) in [6.07, 6.45) is 2.41. The maximum absolute atomic E-state index is 12.2. The first-order valence-electron chi connectivity index (χ1n) is 6.88. The third-order valence-corrected chi connectivity index (χ3v) is 4.11. The summed E-state index contributed by atoms with van der Waals surface area (Å²) < 4.78 is 4.73. The van der Waals surface area contributed by atoms with Crippen LogP contribution in [0.1, 0.15) is 31.7 Å². The largest absolute Gasteiger partial charge is 0.468 e. The molecule has 0 aliphatic rings. The van der Waals surface area contributed by atoms with Crippen molar-refractivity contribution in [3.8, 4) is 0 Å². The molecule has 0 aromatic heterocycles. The highest BCUT2D eigenvalue weighted by Crippen LogP contribution is 2.22. The van der Waals surface area contributed by atoms with Gasteiger partial charge in [-0.1, -0.05) is 37.5 Å². The van der Waals surface area contributed by atoms with Crippen LogP contribution in [0.5, 0.6) is 0 Å². The monoisotopic (exact) mass is 294 g/mol. The Morgan fingerprint density at radius 2 is 2.10 bits per heavy atom. The summed E-state index contributed by atoms with van der Waals surface area (Å²) in [7, 11) is 1.34. The number of ketones is 1. The molecule has 0 saturated carbocycles. The van der Waals surface area contributed by atoms with E-state index >= 15 is 0 Å². The summed E-state index contributed by atoms with van der Waals surface area (Å²) in [6, 6.07) is 8.00. The molecule has 4 heteroatoms. The van der Waals surface area contributed by atoms with E-state index in [0.29, 0.717) is 12.2 Å². The average Bonchev–Trinajstić information content (AvgIpc) is 2.45. The lowest BCUT2D eigenvalue weighted by Crippen LogP contribution is -2.26. The molecule has 20 heavy (non-hydrogen) atoms. The van der Waals surface area contributed by atoms with Crippen LogP contribution in [-0.2, 0) is 14.3 Å². The zero-order chi connectivity index (χ0) is 15.0. The van der Waals surface area contributed by atoms with Gasteiger partial charge in [-0.3, -0.25) is 9.59 Å². The average molecular weight is 294 g/mol. The third kappa shape index (κ3) is 5.37. The molecule has 0 aliphatic heterocycles. The number of hydrogen-bond donors (Lipinski definition) is 0. The van der Waals surface area contributed by atoms with Crippen molar-refractivity contribution in [2.75, 3.05) is 12.9 Å². The fraction of sp³-hybridized carbons (Fsp3) is 0.500. The molecule has 0 aliphatic carbocycles. The zero-order valence-electron chi connectivity index (χ0n) is 12.3. The van der Waals surface area contributed by atoms with Gasteiger partial charge in [0.25, 0.3) is 0 Å². The number of ether oxygens (including phenoxy) is 1. The van der Waals surface area contributed by atoms with Crippen LogP contribution in [0.4, 0.5) is 0 Å². The number of Topliss-reactive ketones (excluding diaryl/α,β-unsaturated/α-hetero) is 1. The highest BCUT2D eigenvalue weighted by atomic mass is 32.2. The zero-order valence-corrected chi connectivity index (χ0v) is 13.2. The molecule has 1 rings (SSSR count). The Kier molecular flexibility index (Phi) is 7.37. The van der Waals surface area contributed by atoms with Crippen molar-refractivity contribution < 1.29 is 14.3 Å². The van der Waals surface area contributed by atoms with Gasteiger partial charge in [-0.2, -0.15) is 0 Å². The maximum atomic E-state index is 12.2. The molecule has 0 saturated heterocycles. The van der Waals surface area contributed by atoms with Crippen molar-refractivity contribution in [2.45, 2.75) is 38.0 Å². The van der Waals surface area contributed by atoms with Crippen LogP contribution in [0.25, 0.3) is 0 Å². The van der Waals surface area contributed by atoms with Crippen molar-refractivity contribution in [1.82, 2.24) is 0 Å². The highest BCUT2D eigenvalue weighted by molar-refractivity contribution is 8.00. The first-order valence-corrected chi connectivity index (χ1v) is 7.87. The first-order chi connectivity index (χ1) is 9.58. The van der Waals surface area contributed by atoms with E-state index in [4.69, 9.17) is 4.74 Å². The van der Waals surface area contributed by atoms with Crippen LogP contribution in [0.15, 0.2) is 29.2 Å². The molecule has 1 aromatic rings. The topological polar surface area (TPSA) is 43.4 Å². The molecule has 0 N–H and O–H groups in total. The lowest BCUT2D eigenvalue weighted by molar-refractivity contribution is -0.149. The molecule has 110 valence electrons. The molecule has 0 spiro atoms. The molecule has 0 amide bonds. The number of carbonyl (C=O) groups is 2. The van der Waals surface area contributed by atoms with Gasteiger partial charge in [-0.15, -0.1) is 11.8 Å². The summed E-state index contributed by atoms with van der Waals surface area (Å²) >= 11 is 1.48. The molecule has 0 bridgehead atoms. The normalized spacial score (nSPS) is 11.9. The second kappa shape index (κ2) is 8.80. The van der Waals surface area contributed by atoms with E-state index in [1.54, 1.807) is 0 Å². The molecular formula is C16H22O3S. The van der Waals surface area contributed by atoms with E-state index in [9.17, 15) is 9.59 Å². The van der Waals surface area contributed by atoms with Crippen LogP contribution >= 0.6 is 11.8 Å². The number of unbranched alkanes of at least 4 members (excludes halogenated alkanes) is 1. The van der Waals surface area contributed by atoms with Gasteiger partial charge in [-0.05, 0) is 25.5 Å². The molecule has 1 aromatic carbocycles. The summed E-state index contributed by atoms with van der Waals surface area (Å²) in [4.78, 5) is 24.9. The summed E-state index contributed by atoms with van der Waals surface area (Å²) in [5.74, 6) is -0.755. The minimum absolute atomic E-state index is 0.0446. The van der Waals surface area contributed by atoms with E-state index < -0.39 is 11.9 Å². The third-order valence-electron chi connectivity index (χ3n) is 3.09. The minimum atomic E-state index is -0.614. The Labute approximate surface area is 125 Å². The van der Waals surface area contributed by atoms with E-state index in [1.165, 1.54) is 18.9 Å². The van der Waals surface area contributed by atoms with Crippen molar-refractivity contribution in [2.24, 2.45) is 5.92 Å². The van der Waals surface area contributed by atoms with Crippen molar-refractivity contribution in [3.05, 3.63) is 29.8 Å². The van der Waals surface area contributed by atoms with Crippen molar-refractivity contribution >= 4 is 23.5 Å². The summed E-state index contributed by atoms with van der Waals surface area (Å²) in [5, 5.41) is 0. The summed E-state index contributed by atoms with van der Waals surface area (Å²) in [6.45, 7) is 4.06. The predicted molar refractivity (Wildman–Crippen MR) is 81.9 cm³/mol. The highest BCUT2D eigenvalue weighted by Gasteiger charge is 2.26. The quantitative estimate of drug-likeness (QED) is 0.417. The Morgan fingerprint density at radius 3 is 2.70 bits per heavy atom. The molecule has 1 atom stereocenters. The van der Waals surface area contributed by atoms with Crippen LogP contribution in [-0.4, -0.2) is 24.6 Å². The van der Waals surface area contributed by atoms with Gasteiger partial charge in [-0.25, -0.2) is 0 Å². The fourth-order valence-electron chi connectivity index (χ4n) is 1.92. The van der Waals surface area contributed by atoms with Gasteiger partial charge in [0.1, 0.15) is 5.92 Å². The van der Waals surface area contributed by atoms with Gasteiger partial charge >= 0.3 is 5.97 Å². The van der Waals surface area contributed by atoms with Gasteiger partial charge in [0.05, 0.1) is 12.9 Å². The van der Waals surface area contributed by atoms with Crippen LogP contribution in [0.2, 0.25) is 0 Å². The van der Waals surface area contributed by atoms with E-state index in [-0.39, 0.29) is 5.78 Å². The number of methoxy groups -OCH3 is 1. The Hall–Kier alpha value is -1.29. The lowest BCUT2D eigenvalue weighted by atomic mass is 9.98. The molecule has 0 heterocycles. The van der Waals surface area contributed by atoms with Gasteiger partial charge in [0.2, 0.25) is 0 Å². The maximum Gasteiger partial charge on any atom is 0.316 e. The van der Waals surface area contributed by atoms with Crippen LogP contribution in [0.3, 0.4) is 0 Å². The summed E-state index contributed by atoms with van der Waals surface area (Å²) in [5.41, 5.74) is 1.16. The van der Waals surface area contributed by atoms with Crippen molar-refractivity contribution in [3.63, 3.8) is 0 Å². The number of rotatable bonds is 8. The second-order valence-electron chi connectivity index (χ2n) is 4.79. The number of aryl methyl sites for hydroxylation is 1. The van der Waals surface area contributed by atoms with Crippen LogP contribution < -0.4 is 0 Å². The number of thioether (sulfide) groups is 1. The van der Waals surface area contributed by atoms with Crippen molar-refractivity contribution in [1.29, 1.82) is 0 Å². The van der Waals surface area contributed by atoms with Gasteiger partial charge in [0, 0.05) is 4.90 Å². The van der Waals surface area contributed by atoms with Gasteiger partial charge < -0.3 is 4.74 Å². The Balaban J connectivity index is 2.59. The molecule has 3 nitrogen and oxygen atoms in total. The number of hydrogen-bond acceptors (Lipinski definition) is 4. The van der Waals surface area contributed by atoms with E-state index in [1.807, 2.05) is 38.1 Å². The standard InChI is InChI=1S/C16H22O3S/c1-4-5-9-14(16(18)19-3)15(17)11-20-13-8-6-7-12(2)10-13/h6-8,10,14H,4-5,9,11H2,1-3H3. The Morgan fingerprint density at radius 1 is 1.35 bits per heavy atom. The van der Waals surface area contributed by atoms with Gasteiger partial charge in [0.15, 0.2) is 5.78 Å². The molecule has 1 unspecified atom stereocenters. The van der Waals surface area contributed by atoms with Crippen LogP contribution in [0, 0.1) is 12.8 Å². The van der Waals surface area contributed by atoms with E-state index in [0.717, 1.165) is 23.3 Å². The fourth-order valence-corrected chi connectivity index (χ4v) is 2.88. The molecule has 0 fully saturated rings. The molecule has 0 radical (unpaired) electrons. The lowest BCUT2D eigenvalue weighted by Gasteiger charge is -2.13. The molecular weight excluding hydrogens is 272 g/mol. The van der Waals surface area contributed by atoms with E-state index in [2.05, 4.69) is 0 Å². The Bertz CT molecular complexity index is 457. The number of benzene rings is 1. The first kappa shape index (κ1) is 16.8. The number of esters is 1.